The number of methoxy groups -OCH3 is 1. The van der Waals surface area contributed by atoms with Crippen LogP contribution in [0.2, 0.25) is 0 Å². The summed E-state index contributed by atoms with van der Waals surface area (Å²) >= 11 is 0. The van der Waals surface area contributed by atoms with Gasteiger partial charge in [-0.3, -0.25) is 0 Å². The average molecular weight is 251 g/mol. The molecule has 0 saturated carbocycles. The number of benzene rings is 2. The van der Waals surface area contributed by atoms with E-state index < -0.39 is 0 Å². The van der Waals surface area contributed by atoms with E-state index in [0.29, 0.717) is 0 Å². The van der Waals surface area contributed by atoms with Crippen LogP contribution in [-0.4, -0.2) is 12.1 Å². The molecule has 1 aromatic heterocycles. The lowest BCUT2D eigenvalue weighted by Crippen LogP contribution is -1.85. The van der Waals surface area contributed by atoms with E-state index in [-0.39, 0.29) is 0 Å². The quantitative estimate of drug-likeness (QED) is 0.705. The molecule has 94 valence electrons. The Labute approximate surface area is 111 Å². The summed E-state index contributed by atoms with van der Waals surface area (Å²) in [6, 6.07) is 17.7. The van der Waals surface area contributed by atoms with Crippen LogP contribution >= 0.6 is 0 Å². The molecule has 3 nitrogen and oxygen atoms in total. The van der Waals surface area contributed by atoms with E-state index in [1.165, 1.54) is 6.39 Å². The Hall–Kier alpha value is -2.55. The van der Waals surface area contributed by atoms with Gasteiger partial charge in [-0.1, -0.05) is 42.5 Å². The van der Waals surface area contributed by atoms with E-state index in [4.69, 9.17) is 9.15 Å². The van der Waals surface area contributed by atoms with Crippen molar-refractivity contribution in [2.75, 3.05) is 7.11 Å². The fourth-order valence-corrected chi connectivity index (χ4v) is 2.02. The minimum Gasteiger partial charge on any atom is -0.497 e. The van der Waals surface area contributed by atoms with Gasteiger partial charge in [0.2, 0.25) is 0 Å². The first kappa shape index (κ1) is 11.5. The van der Waals surface area contributed by atoms with Crippen molar-refractivity contribution in [3.63, 3.8) is 0 Å². The maximum absolute atomic E-state index is 5.54. The zero-order valence-electron chi connectivity index (χ0n) is 10.5. The Balaban J connectivity index is 2.09. The minimum absolute atomic E-state index is 0.755. The molecular weight excluding hydrogens is 238 g/mol. The van der Waals surface area contributed by atoms with E-state index in [9.17, 15) is 0 Å². The Kier molecular flexibility index (Phi) is 3.02. The Morgan fingerprint density at radius 3 is 2.53 bits per heavy atom. The lowest BCUT2D eigenvalue weighted by Gasteiger charge is -2.04. The monoisotopic (exact) mass is 251 g/mol. The number of nitrogens with zero attached hydrogens (tertiary/aromatic N) is 1. The van der Waals surface area contributed by atoms with Crippen molar-refractivity contribution >= 4 is 0 Å². The smallest absolute Gasteiger partial charge is 0.182 e. The molecule has 0 fully saturated rings. The molecule has 0 saturated heterocycles. The molecule has 19 heavy (non-hydrogen) atoms. The van der Waals surface area contributed by atoms with Crippen molar-refractivity contribution in [2.24, 2.45) is 0 Å². The van der Waals surface area contributed by atoms with Crippen molar-refractivity contribution in [1.82, 2.24) is 4.98 Å². The second kappa shape index (κ2) is 4.98. The predicted octanol–water partition coefficient (Wildman–Crippen LogP) is 4.02. The van der Waals surface area contributed by atoms with Crippen LogP contribution in [0.5, 0.6) is 5.75 Å². The van der Waals surface area contributed by atoms with Crippen LogP contribution in [0.25, 0.3) is 22.6 Å². The Morgan fingerprint density at radius 2 is 1.74 bits per heavy atom. The first-order valence-corrected chi connectivity index (χ1v) is 6.02. The molecule has 0 atom stereocenters. The van der Waals surface area contributed by atoms with E-state index >= 15 is 0 Å². The fourth-order valence-electron chi connectivity index (χ4n) is 2.02. The van der Waals surface area contributed by atoms with Gasteiger partial charge in [-0.2, -0.15) is 0 Å². The molecule has 0 aliphatic heterocycles. The maximum Gasteiger partial charge on any atom is 0.182 e. The lowest BCUT2D eigenvalue weighted by molar-refractivity contribution is 0.415. The lowest BCUT2D eigenvalue weighted by atomic mass is 10.1. The molecule has 0 amide bonds. The largest absolute Gasteiger partial charge is 0.497 e. The van der Waals surface area contributed by atoms with Crippen LogP contribution in [0.1, 0.15) is 0 Å². The van der Waals surface area contributed by atoms with E-state index in [1.807, 2.05) is 54.6 Å². The number of hydrogen-bond donors (Lipinski definition) is 0. The summed E-state index contributed by atoms with van der Waals surface area (Å²) in [4.78, 5) is 4.31. The maximum atomic E-state index is 5.54. The van der Waals surface area contributed by atoms with Gasteiger partial charge in [-0.15, -0.1) is 0 Å². The third-order valence-corrected chi connectivity index (χ3v) is 2.95. The third-order valence-electron chi connectivity index (χ3n) is 2.95. The average Bonchev–Trinajstić information content (AvgIpc) is 2.98. The number of aromatic nitrogens is 1. The van der Waals surface area contributed by atoms with Crippen LogP contribution in [0.3, 0.4) is 0 Å². The molecule has 3 heteroatoms. The van der Waals surface area contributed by atoms with Crippen molar-refractivity contribution < 1.29 is 9.15 Å². The third kappa shape index (κ3) is 2.22. The molecule has 1 heterocycles. The molecule has 3 aromatic rings. The van der Waals surface area contributed by atoms with Crippen LogP contribution in [0, 0.1) is 0 Å². The molecule has 0 N–H and O–H groups in total. The van der Waals surface area contributed by atoms with Crippen molar-refractivity contribution in [3.8, 4) is 28.3 Å². The normalized spacial score (nSPS) is 10.4. The van der Waals surface area contributed by atoms with Gasteiger partial charge in [0.25, 0.3) is 0 Å². The van der Waals surface area contributed by atoms with Gasteiger partial charge in [0.1, 0.15) is 11.4 Å². The molecule has 0 aliphatic rings. The van der Waals surface area contributed by atoms with Gasteiger partial charge < -0.3 is 9.15 Å². The van der Waals surface area contributed by atoms with Crippen LogP contribution in [0.15, 0.2) is 65.4 Å². The van der Waals surface area contributed by atoms with E-state index in [0.717, 1.165) is 28.3 Å². The highest BCUT2D eigenvalue weighted by Crippen LogP contribution is 2.32. The zero-order chi connectivity index (χ0) is 13.1. The van der Waals surface area contributed by atoms with E-state index in [2.05, 4.69) is 4.98 Å². The molecule has 0 bridgehead atoms. The first-order valence-electron chi connectivity index (χ1n) is 6.02. The van der Waals surface area contributed by atoms with Gasteiger partial charge in [0, 0.05) is 11.1 Å². The minimum atomic E-state index is 0.755. The van der Waals surface area contributed by atoms with Crippen LogP contribution < -0.4 is 4.74 Å². The molecule has 0 radical (unpaired) electrons. The summed E-state index contributed by atoms with van der Waals surface area (Å²) in [5.74, 6) is 1.55. The second-order valence-corrected chi connectivity index (χ2v) is 4.13. The number of rotatable bonds is 3. The van der Waals surface area contributed by atoms with Gasteiger partial charge in [0.15, 0.2) is 12.2 Å². The molecule has 0 spiro atoms. The van der Waals surface area contributed by atoms with Crippen molar-refractivity contribution in [2.45, 2.75) is 0 Å². The number of ether oxygens (including phenoxy) is 1. The molecule has 2 aromatic carbocycles. The van der Waals surface area contributed by atoms with Gasteiger partial charge in [0.05, 0.1) is 7.11 Å². The highest BCUT2D eigenvalue weighted by molar-refractivity contribution is 5.76. The van der Waals surface area contributed by atoms with Gasteiger partial charge >= 0.3 is 0 Å². The topological polar surface area (TPSA) is 35.3 Å². The molecule has 3 rings (SSSR count). The Morgan fingerprint density at radius 1 is 0.947 bits per heavy atom. The molecular formula is C16H13NO2. The van der Waals surface area contributed by atoms with Gasteiger partial charge in [-0.25, -0.2) is 4.98 Å². The highest BCUT2D eigenvalue weighted by atomic mass is 16.5. The summed E-state index contributed by atoms with van der Waals surface area (Å²) < 4.78 is 10.8. The summed E-state index contributed by atoms with van der Waals surface area (Å²) in [5, 5.41) is 0. The predicted molar refractivity (Wildman–Crippen MR) is 73.9 cm³/mol. The van der Waals surface area contributed by atoms with Crippen LogP contribution in [-0.2, 0) is 0 Å². The zero-order valence-corrected chi connectivity index (χ0v) is 10.5. The molecule has 0 aliphatic carbocycles. The Bertz CT molecular complexity index is 674. The first-order chi connectivity index (χ1) is 9.38. The highest BCUT2D eigenvalue weighted by Gasteiger charge is 2.12. The standard InChI is InChI=1S/C16H13NO2/c1-18-14-9-5-8-13(10-14)16-15(17-11-19-16)12-6-3-2-4-7-12/h2-11H,1H3. The van der Waals surface area contributed by atoms with Crippen LogP contribution in [0.4, 0.5) is 0 Å². The fraction of sp³-hybridized carbons (Fsp3) is 0.0625. The van der Waals surface area contributed by atoms with Crippen molar-refractivity contribution in [3.05, 3.63) is 61.0 Å². The summed E-state index contributed by atoms with van der Waals surface area (Å²) in [7, 11) is 1.65. The van der Waals surface area contributed by atoms with E-state index in [1.54, 1.807) is 7.11 Å². The summed E-state index contributed by atoms with van der Waals surface area (Å²) in [5.41, 5.74) is 2.83. The molecule has 0 unspecified atom stereocenters. The second-order valence-electron chi connectivity index (χ2n) is 4.13. The number of oxazole rings is 1. The SMILES string of the molecule is COc1cccc(-c2ocnc2-c2ccccc2)c1. The number of hydrogen-bond acceptors (Lipinski definition) is 3. The van der Waals surface area contributed by atoms with Gasteiger partial charge in [-0.05, 0) is 12.1 Å². The summed E-state index contributed by atoms with van der Waals surface area (Å²) in [6.07, 6.45) is 1.47. The summed E-state index contributed by atoms with van der Waals surface area (Å²) in [6.45, 7) is 0. The van der Waals surface area contributed by atoms with Crippen molar-refractivity contribution in [1.29, 1.82) is 0 Å².